The summed E-state index contributed by atoms with van der Waals surface area (Å²) in [5.74, 6) is 0.196. The van der Waals surface area contributed by atoms with E-state index in [1.165, 1.54) is 17.0 Å². The van der Waals surface area contributed by atoms with Gasteiger partial charge in [0, 0.05) is 13.5 Å². The van der Waals surface area contributed by atoms with Crippen molar-refractivity contribution in [1.82, 2.24) is 4.90 Å². The van der Waals surface area contributed by atoms with Crippen LogP contribution in [0.5, 0.6) is 5.75 Å². The molecule has 17 heavy (non-hydrogen) atoms. The second-order valence-electron chi connectivity index (χ2n) is 4.13. The zero-order chi connectivity index (χ0) is 12.8. The molecule has 0 fully saturated rings. The minimum Gasteiger partial charge on any atom is -0.508 e. The molecule has 2 N–H and O–H groups in total. The van der Waals surface area contributed by atoms with Gasteiger partial charge in [0.05, 0.1) is 12.6 Å². The molecule has 94 valence electrons. The van der Waals surface area contributed by atoms with E-state index in [0.29, 0.717) is 12.0 Å². The number of carbonyl (C=O) groups excluding carboxylic acids is 1. The number of aliphatic hydroxyl groups is 1. The van der Waals surface area contributed by atoms with Crippen LogP contribution < -0.4 is 0 Å². The molecule has 0 aromatic heterocycles. The molecular weight excluding hydrogens is 218 g/mol. The molecule has 0 aliphatic carbocycles. The molecule has 1 rings (SSSR count). The molecule has 0 saturated heterocycles. The summed E-state index contributed by atoms with van der Waals surface area (Å²) in [6.45, 7) is 2.21. The predicted octanol–water partition coefficient (Wildman–Crippen LogP) is 1.68. The molecule has 0 aliphatic rings. The van der Waals surface area contributed by atoms with Crippen LogP contribution >= 0.6 is 0 Å². The number of rotatable bonds is 5. The Morgan fingerprint density at radius 2 is 1.94 bits per heavy atom. The average molecular weight is 237 g/mol. The standard InChI is InChI=1S/C13H19NO3/c1-3-4-13(17)14(2)9-12(16)10-5-7-11(15)8-6-10/h5-8,12,15-16H,3-4,9H2,1-2H3. The minimum atomic E-state index is -0.721. The van der Waals surface area contributed by atoms with Crippen molar-refractivity contribution in [1.29, 1.82) is 0 Å². The van der Waals surface area contributed by atoms with Crippen LogP contribution in [-0.4, -0.2) is 34.6 Å². The van der Waals surface area contributed by atoms with Gasteiger partial charge in [-0.05, 0) is 24.1 Å². The lowest BCUT2D eigenvalue weighted by Crippen LogP contribution is -2.30. The lowest BCUT2D eigenvalue weighted by atomic mass is 10.1. The van der Waals surface area contributed by atoms with Crippen LogP contribution in [0.1, 0.15) is 31.4 Å². The molecule has 0 aliphatic heterocycles. The van der Waals surface area contributed by atoms with Crippen LogP contribution in [0.2, 0.25) is 0 Å². The molecule has 1 atom stereocenters. The molecule has 1 aromatic carbocycles. The Bertz CT molecular complexity index is 361. The third-order valence-electron chi connectivity index (χ3n) is 2.61. The van der Waals surface area contributed by atoms with Crippen LogP contribution in [0.15, 0.2) is 24.3 Å². The van der Waals surface area contributed by atoms with Crippen LogP contribution in [0, 0.1) is 0 Å². The fourth-order valence-corrected chi connectivity index (χ4v) is 1.57. The molecule has 0 radical (unpaired) electrons. The Hall–Kier alpha value is -1.55. The van der Waals surface area contributed by atoms with Crippen molar-refractivity contribution in [2.45, 2.75) is 25.9 Å². The van der Waals surface area contributed by atoms with Crippen LogP contribution in [0.25, 0.3) is 0 Å². The monoisotopic (exact) mass is 237 g/mol. The van der Waals surface area contributed by atoms with E-state index in [-0.39, 0.29) is 18.2 Å². The zero-order valence-corrected chi connectivity index (χ0v) is 10.3. The Kier molecular flexibility index (Phi) is 4.97. The van der Waals surface area contributed by atoms with Gasteiger partial charge in [-0.2, -0.15) is 0 Å². The third kappa shape index (κ3) is 4.07. The number of hydrogen-bond acceptors (Lipinski definition) is 3. The minimum absolute atomic E-state index is 0.0327. The van der Waals surface area contributed by atoms with E-state index < -0.39 is 6.10 Å². The van der Waals surface area contributed by atoms with Gasteiger partial charge in [-0.25, -0.2) is 0 Å². The normalized spacial score (nSPS) is 12.2. The van der Waals surface area contributed by atoms with E-state index in [9.17, 15) is 9.90 Å². The quantitative estimate of drug-likeness (QED) is 0.819. The summed E-state index contributed by atoms with van der Waals surface area (Å²) in [6, 6.07) is 6.34. The summed E-state index contributed by atoms with van der Waals surface area (Å²) < 4.78 is 0. The summed E-state index contributed by atoms with van der Waals surface area (Å²) in [7, 11) is 1.68. The lowest BCUT2D eigenvalue weighted by molar-refractivity contribution is -0.131. The van der Waals surface area contributed by atoms with Gasteiger partial charge in [-0.1, -0.05) is 19.1 Å². The van der Waals surface area contributed by atoms with E-state index in [0.717, 1.165) is 6.42 Å². The highest BCUT2D eigenvalue weighted by atomic mass is 16.3. The average Bonchev–Trinajstić information content (AvgIpc) is 2.30. The Morgan fingerprint density at radius 1 is 1.35 bits per heavy atom. The molecule has 4 heteroatoms. The van der Waals surface area contributed by atoms with Gasteiger partial charge >= 0.3 is 0 Å². The first kappa shape index (κ1) is 13.5. The first-order valence-electron chi connectivity index (χ1n) is 5.75. The van der Waals surface area contributed by atoms with E-state index in [2.05, 4.69) is 0 Å². The van der Waals surface area contributed by atoms with E-state index in [1.54, 1.807) is 19.2 Å². The fourth-order valence-electron chi connectivity index (χ4n) is 1.57. The maximum Gasteiger partial charge on any atom is 0.222 e. The summed E-state index contributed by atoms with van der Waals surface area (Å²) in [5.41, 5.74) is 0.693. The van der Waals surface area contributed by atoms with Crippen LogP contribution in [0.4, 0.5) is 0 Å². The van der Waals surface area contributed by atoms with Crippen molar-refractivity contribution >= 4 is 5.91 Å². The Labute approximate surface area is 101 Å². The smallest absolute Gasteiger partial charge is 0.222 e. The number of amides is 1. The van der Waals surface area contributed by atoms with Gasteiger partial charge in [0.1, 0.15) is 5.75 Å². The highest BCUT2D eigenvalue weighted by Crippen LogP contribution is 2.17. The van der Waals surface area contributed by atoms with E-state index >= 15 is 0 Å². The number of hydrogen-bond donors (Lipinski definition) is 2. The fraction of sp³-hybridized carbons (Fsp3) is 0.462. The molecule has 1 unspecified atom stereocenters. The van der Waals surface area contributed by atoms with Gasteiger partial charge in [-0.15, -0.1) is 0 Å². The first-order chi connectivity index (χ1) is 8.04. The number of phenols is 1. The molecule has 0 saturated carbocycles. The Morgan fingerprint density at radius 3 is 2.47 bits per heavy atom. The van der Waals surface area contributed by atoms with Crippen molar-refractivity contribution in [3.05, 3.63) is 29.8 Å². The molecule has 0 heterocycles. The summed E-state index contributed by atoms with van der Waals surface area (Å²) >= 11 is 0. The van der Waals surface area contributed by atoms with Gasteiger partial charge < -0.3 is 15.1 Å². The second kappa shape index (κ2) is 6.25. The molecule has 4 nitrogen and oxygen atoms in total. The topological polar surface area (TPSA) is 60.8 Å². The summed E-state index contributed by atoms with van der Waals surface area (Å²) in [6.07, 6.45) is 0.582. The van der Waals surface area contributed by atoms with Gasteiger partial charge in [0.25, 0.3) is 0 Å². The highest BCUT2D eigenvalue weighted by molar-refractivity contribution is 5.75. The SMILES string of the molecule is CCCC(=O)N(C)CC(O)c1ccc(O)cc1. The van der Waals surface area contributed by atoms with Crippen LogP contribution in [0.3, 0.4) is 0 Å². The van der Waals surface area contributed by atoms with Gasteiger partial charge in [0.2, 0.25) is 5.91 Å². The molecule has 0 spiro atoms. The maximum absolute atomic E-state index is 11.5. The number of aliphatic hydroxyl groups excluding tert-OH is 1. The van der Waals surface area contributed by atoms with E-state index in [4.69, 9.17) is 5.11 Å². The molecule has 1 amide bonds. The number of benzene rings is 1. The number of likely N-dealkylation sites (N-methyl/N-ethyl adjacent to an activating group) is 1. The molecular formula is C13H19NO3. The van der Waals surface area contributed by atoms with Crippen molar-refractivity contribution in [3.63, 3.8) is 0 Å². The lowest BCUT2D eigenvalue weighted by Gasteiger charge is -2.21. The maximum atomic E-state index is 11.5. The summed E-state index contributed by atoms with van der Waals surface area (Å²) in [5, 5.41) is 19.1. The largest absolute Gasteiger partial charge is 0.508 e. The first-order valence-corrected chi connectivity index (χ1v) is 5.75. The van der Waals surface area contributed by atoms with Crippen molar-refractivity contribution in [3.8, 4) is 5.75 Å². The number of aromatic hydroxyl groups is 1. The Balaban J connectivity index is 2.56. The molecule has 0 bridgehead atoms. The van der Waals surface area contributed by atoms with Gasteiger partial charge in [-0.3, -0.25) is 4.79 Å². The number of carbonyl (C=O) groups is 1. The predicted molar refractivity (Wildman–Crippen MR) is 65.6 cm³/mol. The third-order valence-corrected chi connectivity index (χ3v) is 2.61. The summed E-state index contributed by atoms with van der Waals surface area (Å²) in [4.78, 5) is 13.1. The van der Waals surface area contributed by atoms with Gasteiger partial charge in [0.15, 0.2) is 0 Å². The van der Waals surface area contributed by atoms with E-state index in [1.807, 2.05) is 6.92 Å². The van der Waals surface area contributed by atoms with Crippen molar-refractivity contribution in [2.24, 2.45) is 0 Å². The number of phenolic OH excluding ortho intramolecular Hbond substituents is 1. The van der Waals surface area contributed by atoms with Crippen molar-refractivity contribution in [2.75, 3.05) is 13.6 Å². The van der Waals surface area contributed by atoms with Crippen LogP contribution in [-0.2, 0) is 4.79 Å². The van der Waals surface area contributed by atoms with Crippen molar-refractivity contribution < 1.29 is 15.0 Å². The highest BCUT2D eigenvalue weighted by Gasteiger charge is 2.14. The second-order valence-corrected chi connectivity index (χ2v) is 4.13. The molecule has 1 aromatic rings. The zero-order valence-electron chi connectivity index (χ0n) is 10.3. The number of nitrogens with zero attached hydrogens (tertiary/aromatic N) is 1.